The molecule has 0 radical (unpaired) electrons. The van der Waals surface area contributed by atoms with Crippen molar-refractivity contribution in [3.8, 4) is 5.88 Å². The minimum atomic E-state index is -0.0505. The molecule has 0 N–H and O–H groups in total. The van der Waals surface area contributed by atoms with Crippen molar-refractivity contribution in [3.05, 3.63) is 41.6 Å². The number of carbonyl (C=O) groups is 1. The lowest BCUT2D eigenvalue weighted by atomic mass is 9.92. The summed E-state index contributed by atoms with van der Waals surface area (Å²) in [5, 5.41) is 8.42. The molecule has 2 aromatic heterocycles. The lowest BCUT2D eigenvalue weighted by molar-refractivity contribution is 0.0652. The zero-order valence-electron chi connectivity index (χ0n) is 16.5. The van der Waals surface area contributed by atoms with Gasteiger partial charge in [-0.2, -0.15) is 5.10 Å². The van der Waals surface area contributed by atoms with Gasteiger partial charge < -0.3 is 9.64 Å². The van der Waals surface area contributed by atoms with E-state index in [9.17, 15) is 4.79 Å². The molecule has 1 amide bonds. The highest BCUT2D eigenvalue weighted by Gasteiger charge is 2.25. The van der Waals surface area contributed by atoms with E-state index in [4.69, 9.17) is 4.74 Å². The van der Waals surface area contributed by atoms with Crippen molar-refractivity contribution in [1.82, 2.24) is 25.1 Å². The van der Waals surface area contributed by atoms with Gasteiger partial charge in [0.25, 0.3) is 5.91 Å². The van der Waals surface area contributed by atoms with Gasteiger partial charge in [-0.1, -0.05) is 20.8 Å². The van der Waals surface area contributed by atoms with Crippen LogP contribution in [0.3, 0.4) is 0 Å². The number of hydrogen-bond acceptors (Lipinski definition) is 6. The average molecular weight is 369 g/mol. The Hall–Kier alpha value is -2.57. The van der Waals surface area contributed by atoms with Gasteiger partial charge in [0.1, 0.15) is 5.69 Å². The molecule has 0 bridgehead atoms. The fraction of sp³-hybridized carbons (Fsp3) is 0.550. The van der Waals surface area contributed by atoms with Crippen LogP contribution in [0.15, 0.2) is 24.5 Å². The Kier molecular flexibility index (Phi) is 5.68. The lowest BCUT2D eigenvalue weighted by Crippen LogP contribution is -2.40. The first-order valence-electron chi connectivity index (χ1n) is 9.38. The zero-order chi connectivity index (χ0) is 19.4. The second kappa shape index (κ2) is 7.98. The number of hydrogen-bond donors (Lipinski definition) is 0. The molecule has 0 aliphatic carbocycles. The Balaban J connectivity index is 1.47. The van der Waals surface area contributed by atoms with Crippen molar-refractivity contribution in [2.75, 3.05) is 19.7 Å². The van der Waals surface area contributed by atoms with Gasteiger partial charge in [-0.3, -0.25) is 9.78 Å². The molecule has 27 heavy (non-hydrogen) atoms. The number of aryl methyl sites for hydroxylation is 1. The fourth-order valence-electron chi connectivity index (χ4n) is 2.97. The summed E-state index contributed by atoms with van der Waals surface area (Å²) in [6.07, 6.45) is 4.98. The molecular weight excluding hydrogens is 342 g/mol. The van der Waals surface area contributed by atoms with E-state index in [-0.39, 0.29) is 11.3 Å². The molecule has 0 saturated carbocycles. The molecule has 0 aromatic carbocycles. The smallest absolute Gasteiger partial charge is 0.274 e. The highest BCUT2D eigenvalue weighted by molar-refractivity contribution is 5.92. The van der Waals surface area contributed by atoms with Gasteiger partial charge >= 0.3 is 0 Å². The molecule has 3 rings (SSSR count). The number of piperidine rings is 1. The predicted molar refractivity (Wildman–Crippen MR) is 102 cm³/mol. The first kappa shape index (κ1) is 19.2. The van der Waals surface area contributed by atoms with Gasteiger partial charge in [-0.15, -0.1) is 5.10 Å². The fourth-order valence-corrected chi connectivity index (χ4v) is 2.97. The number of amides is 1. The van der Waals surface area contributed by atoms with Crippen LogP contribution in [0.2, 0.25) is 0 Å². The molecular formula is C20H27N5O2. The van der Waals surface area contributed by atoms with Crippen LogP contribution in [0.1, 0.15) is 55.5 Å². The Morgan fingerprint density at radius 2 is 1.89 bits per heavy atom. The minimum absolute atomic E-state index is 0.0211. The van der Waals surface area contributed by atoms with E-state index < -0.39 is 0 Å². The standard InChI is InChI=1S/C20H27N5O2/c1-14-11-22-16(12-21-14)19(26)25-9-7-15(8-10-25)13-27-18-6-5-17(23-24-18)20(2,3)4/h5-6,11-12,15H,7-10,13H2,1-4H3. The molecule has 1 fully saturated rings. The topological polar surface area (TPSA) is 81.1 Å². The van der Waals surface area contributed by atoms with Crippen LogP contribution < -0.4 is 4.74 Å². The van der Waals surface area contributed by atoms with Crippen molar-refractivity contribution in [2.24, 2.45) is 5.92 Å². The van der Waals surface area contributed by atoms with E-state index in [1.54, 1.807) is 12.4 Å². The summed E-state index contributed by atoms with van der Waals surface area (Å²) >= 11 is 0. The molecule has 7 nitrogen and oxygen atoms in total. The third-order valence-corrected chi connectivity index (χ3v) is 4.78. The predicted octanol–water partition coefficient (Wildman–Crippen LogP) is 2.80. The van der Waals surface area contributed by atoms with Crippen LogP contribution >= 0.6 is 0 Å². The van der Waals surface area contributed by atoms with Crippen LogP contribution in [-0.4, -0.2) is 50.7 Å². The zero-order valence-corrected chi connectivity index (χ0v) is 16.5. The summed E-state index contributed by atoms with van der Waals surface area (Å²) in [5.74, 6) is 0.907. The molecule has 0 spiro atoms. The maximum absolute atomic E-state index is 12.5. The summed E-state index contributed by atoms with van der Waals surface area (Å²) in [7, 11) is 0. The van der Waals surface area contributed by atoms with Gasteiger partial charge in [0.15, 0.2) is 0 Å². The molecule has 144 valence electrons. The van der Waals surface area contributed by atoms with Crippen molar-refractivity contribution in [2.45, 2.75) is 46.0 Å². The first-order valence-corrected chi connectivity index (χ1v) is 9.38. The van der Waals surface area contributed by atoms with Gasteiger partial charge in [-0.25, -0.2) is 4.98 Å². The third kappa shape index (κ3) is 4.99. The number of rotatable bonds is 4. The van der Waals surface area contributed by atoms with Crippen LogP contribution in [0.5, 0.6) is 5.88 Å². The van der Waals surface area contributed by atoms with Crippen molar-refractivity contribution in [3.63, 3.8) is 0 Å². The van der Waals surface area contributed by atoms with Crippen LogP contribution in [0, 0.1) is 12.8 Å². The molecule has 1 aliphatic rings. The third-order valence-electron chi connectivity index (χ3n) is 4.78. The number of ether oxygens (including phenoxy) is 1. The number of nitrogens with zero attached hydrogens (tertiary/aromatic N) is 5. The van der Waals surface area contributed by atoms with Crippen molar-refractivity contribution >= 4 is 5.91 Å². The number of likely N-dealkylation sites (tertiary alicyclic amines) is 1. The maximum atomic E-state index is 12.5. The summed E-state index contributed by atoms with van der Waals surface area (Å²) in [6, 6.07) is 3.84. The van der Waals surface area contributed by atoms with Gasteiger partial charge in [0.05, 0.1) is 24.2 Å². The summed E-state index contributed by atoms with van der Waals surface area (Å²) in [5.41, 5.74) is 2.14. The Morgan fingerprint density at radius 1 is 1.15 bits per heavy atom. The van der Waals surface area contributed by atoms with E-state index in [2.05, 4.69) is 40.9 Å². The summed E-state index contributed by atoms with van der Waals surface area (Å²) in [6.45, 7) is 10.2. The van der Waals surface area contributed by atoms with Crippen molar-refractivity contribution < 1.29 is 9.53 Å². The van der Waals surface area contributed by atoms with E-state index in [1.165, 1.54) is 0 Å². The highest BCUT2D eigenvalue weighted by atomic mass is 16.5. The van der Waals surface area contributed by atoms with Crippen LogP contribution in [-0.2, 0) is 5.41 Å². The van der Waals surface area contributed by atoms with Gasteiger partial charge in [0.2, 0.25) is 5.88 Å². The SMILES string of the molecule is Cc1cnc(C(=O)N2CCC(COc3ccc(C(C)(C)C)nn3)CC2)cn1. The first-order chi connectivity index (χ1) is 12.8. The maximum Gasteiger partial charge on any atom is 0.274 e. The Labute approximate surface area is 160 Å². The molecule has 0 atom stereocenters. The Morgan fingerprint density at radius 3 is 2.44 bits per heavy atom. The monoisotopic (exact) mass is 369 g/mol. The van der Waals surface area contributed by atoms with E-state index in [0.717, 1.165) is 24.2 Å². The van der Waals surface area contributed by atoms with Crippen molar-refractivity contribution in [1.29, 1.82) is 0 Å². The van der Waals surface area contributed by atoms with E-state index in [1.807, 2.05) is 24.0 Å². The molecule has 1 aliphatic heterocycles. The average Bonchev–Trinajstić information content (AvgIpc) is 2.66. The molecule has 7 heteroatoms. The lowest BCUT2D eigenvalue weighted by Gasteiger charge is -2.31. The molecule has 0 unspecified atom stereocenters. The van der Waals surface area contributed by atoms with E-state index >= 15 is 0 Å². The normalized spacial score (nSPS) is 15.6. The molecule has 1 saturated heterocycles. The second-order valence-electron chi connectivity index (χ2n) is 8.10. The van der Waals surface area contributed by atoms with Gasteiger partial charge in [-0.05, 0) is 31.7 Å². The summed E-state index contributed by atoms with van der Waals surface area (Å²) in [4.78, 5) is 22.7. The van der Waals surface area contributed by atoms with Crippen LogP contribution in [0.25, 0.3) is 0 Å². The summed E-state index contributed by atoms with van der Waals surface area (Å²) < 4.78 is 5.81. The molecule has 3 heterocycles. The van der Waals surface area contributed by atoms with Gasteiger partial charge in [0, 0.05) is 30.8 Å². The Bertz CT molecular complexity index is 760. The van der Waals surface area contributed by atoms with E-state index in [0.29, 0.717) is 37.2 Å². The number of aromatic nitrogens is 4. The largest absolute Gasteiger partial charge is 0.476 e. The second-order valence-corrected chi connectivity index (χ2v) is 8.10. The highest BCUT2D eigenvalue weighted by Crippen LogP contribution is 2.22. The minimum Gasteiger partial charge on any atom is -0.476 e. The quantitative estimate of drug-likeness (QED) is 0.824. The molecule has 2 aromatic rings. The van der Waals surface area contributed by atoms with Crippen LogP contribution in [0.4, 0.5) is 0 Å². The number of carbonyl (C=O) groups excluding carboxylic acids is 1.